The summed E-state index contributed by atoms with van der Waals surface area (Å²) in [6.45, 7) is 6.49. The molecule has 0 radical (unpaired) electrons. The molecule has 7 nitrogen and oxygen atoms in total. The summed E-state index contributed by atoms with van der Waals surface area (Å²) in [7, 11) is 1.54. The van der Waals surface area contributed by atoms with Crippen LogP contribution in [0.2, 0.25) is 0 Å². The highest BCUT2D eigenvalue weighted by Gasteiger charge is 2.28. The maximum atomic E-state index is 12.2. The second-order valence-corrected chi connectivity index (χ2v) is 5.45. The van der Waals surface area contributed by atoms with E-state index in [9.17, 15) is 4.79 Å². The fourth-order valence-electron chi connectivity index (χ4n) is 2.57. The minimum atomic E-state index is -0.609. The van der Waals surface area contributed by atoms with Crippen LogP contribution in [0.25, 0.3) is 0 Å². The van der Waals surface area contributed by atoms with Crippen molar-refractivity contribution in [2.75, 3.05) is 33.4 Å². The molecule has 0 saturated carbocycles. The van der Waals surface area contributed by atoms with E-state index in [-0.39, 0.29) is 18.6 Å². The summed E-state index contributed by atoms with van der Waals surface area (Å²) in [5, 5.41) is 4.43. The third kappa shape index (κ3) is 4.03. The van der Waals surface area contributed by atoms with E-state index >= 15 is 0 Å². The van der Waals surface area contributed by atoms with Gasteiger partial charge in [0.2, 0.25) is 5.91 Å². The third-order valence-corrected chi connectivity index (χ3v) is 3.59. The Morgan fingerprint density at radius 1 is 1.62 bits per heavy atom. The van der Waals surface area contributed by atoms with E-state index in [1.165, 1.54) is 7.11 Å². The van der Waals surface area contributed by atoms with Crippen molar-refractivity contribution in [2.24, 2.45) is 5.73 Å². The molecule has 1 saturated heterocycles. The zero-order valence-electron chi connectivity index (χ0n) is 12.9. The molecule has 2 atom stereocenters. The monoisotopic (exact) mass is 296 g/mol. The van der Waals surface area contributed by atoms with E-state index in [0.717, 1.165) is 11.4 Å². The van der Waals surface area contributed by atoms with Gasteiger partial charge < -0.3 is 20.1 Å². The number of aromatic nitrogens is 2. The molecular formula is C14H24N4O3. The van der Waals surface area contributed by atoms with Crippen LogP contribution in [0.3, 0.4) is 0 Å². The highest BCUT2D eigenvalue weighted by atomic mass is 16.5. The predicted octanol–water partition coefficient (Wildman–Crippen LogP) is -0.299. The molecule has 0 bridgehead atoms. The lowest BCUT2D eigenvalue weighted by Crippen LogP contribution is -2.53. The Balaban J connectivity index is 1.94. The standard InChI is InChI=1S/C14H24N4O3/c1-10-6-11(2)18(16-10)8-12-7-17(4-5-21-12)14(19)13(15)9-20-3/h6,12-13H,4-5,7-9,15H2,1-3H3. The van der Waals surface area contributed by atoms with Gasteiger partial charge in [-0.15, -0.1) is 0 Å². The van der Waals surface area contributed by atoms with Crippen molar-refractivity contribution in [1.82, 2.24) is 14.7 Å². The molecule has 1 aliphatic rings. The van der Waals surface area contributed by atoms with E-state index in [1.54, 1.807) is 4.90 Å². The average Bonchev–Trinajstić information content (AvgIpc) is 2.76. The lowest BCUT2D eigenvalue weighted by molar-refractivity contribution is -0.141. The number of nitrogens with zero attached hydrogens (tertiary/aromatic N) is 3. The Bertz CT molecular complexity index is 489. The van der Waals surface area contributed by atoms with E-state index in [0.29, 0.717) is 26.2 Å². The summed E-state index contributed by atoms with van der Waals surface area (Å²) in [5.41, 5.74) is 7.89. The fraction of sp³-hybridized carbons (Fsp3) is 0.714. The smallest absolute Gasteiger partial charge is 0.242 e. The SMILES string of the molecule is COCC(N)C(=O)N1CCOC(Cn2nc(C)cc2C)C1. The summed E-state index contributed by atoms with van der Waals surface area (Å²) >= 11 is 0. The number of methoxy groups -OCH3 is 1. The predicted molar refractivity (Wildman–Crippen MR) is 77.9 cm³/mol. The number of hydrogen-bond donors (Lipinski definition) is 1. The molecule has 2 heterocycles. The molecule has 0 aliphatic carbocycles. The fourth-order valence-corrected chi connectivity index (χ4v) is 2.57. The molecule has 0 aromatic carbocycles. The molecule has 1 aromatic rings. The van der Waals surface area contributed by atoms with Gasteiger partial charge in [-0.3, -0.25) is 9.48 Å². The maximum absolute atomic E-state index is 12.2. The van der Waals surface area contributed by atoms with E-state index < -0.39 is 6.04 Å². The number of nitrogens with two attached hydrogens (primary N) is 1. The number of morpholine rings is 1. The Morgan fingerprint density at radius 2 is 2.38 bits per heavy atom. The van der Waals surface area contributed by atoms with E-state index in [2.05, 4.69) is 5.10 Å². The molecule has 2 unspecified atom stereocenters. The lowest BCUT2D eigenvalue weighted by Gasteiger charge is -2.34. The van der Waals surface area contributed by atoms with Crippen LogP contribution in [0.5, 0.6) is 0 Å². The van der Waals surface area contributed by atoms with Crippen LogP contribution in [-0.2, 0) is 20.8 Å². The molecule has 1 fully saturated rings. The van der Waals surface area contributed by atoms with Crippen LogP contribution in [0.15, 0.2) is 6.07 Å². The summed E-state index contributed by atoms with van der Waals surface area (Å²) in [6, 6.07) is 1.42. The van der Waals surface area contributed by atoms with Crippen LogP contribution < -0.4 is 5.73 Å². The number of hydrogen-bond acceptors (Lipinski definition) is 5. The second-order valence-electron chi connectivity index (χ2n) is 5.45. The number of carbonyl (C=O) groups is 1. The summed E-state index contributed by atoms with van der Waals surface area (Å²) in [4.78, 5) is 14.0. The van der Waals surface area contributed by atoms with Gasteiger partial charge in [0.05, 0.1) is 31.6 Å². The number of carbonyl (C=O) groups excluding carboxylic acids is 1. The second kappa shape index (κ2) is 7.02. The van der Waals surface area contributed by atoms with Gasteiger partial charge in [0.1, 0.15) is 6.04 Å². The minimum absolute atomic E-state index is 0.0598. The topological polar surface area (TPSA) is 82.6 Å². The van der Waals surface area contributed by atoms with Gasteiger partial charge in [-0.05, 0) is 19.9 Å². The summed E-state index contributed by atoms with van der Waals surface area (Å²) in [6.07, 6.45) is -0.0598. The lowest BCUT2D eigenvalue weighted by atomic mass is 10.2. The average molecular weight is 296 g/mol. The molecule has 0 spiro atoms. The van der Waals surface area contributed by atoms with Gasteiger partial charge in [0, 0.05) is 25.9 Å². The molecule has 2 N–H and O–H groups in total. The van der Waals surface area contributed by atoms with Gasteiger partial charge in [-0.2, -0.15) is 5.10 Å². The first-order valence-corrected chi connectivity index (χ1v) is 7.17. The van der Waals surface area contributed by atoms with E-state index in [4.69, 9.17) is 15.2 Å². The zero-order valence-corrected chi connectivity index (χ0v) is 12.9. The van der Waals surface area contributed by atoms with Crippen molar-refractivity contribution in [3.8, 4) is 0 Å². The quantitative estimate of drug-likeness (QED) is 0.807. The van der Waals surface area contributed by atoms with Crippen LogP contribution in [0.1, 0.15) is 11.4 Å². The summed E-state index contributed by atoms with van der Waals surface area (Å²) in [5.74, 6) is -0.0847. The first-order valence-electron chi connectivity index (χ1n) is 7.17. The van der Waals surface area contributed by atoms with Crippen molar-refractivity contribution in [3.05, 3.63) is 17.5 Å². The molecule has 2 rings (SSSR count). The number of amides is 1. The van der Waals surface area contributed by atoms with Gasteiger partial charge in [-0.25, -0.2) is 0 Å². The number of ether oxygens (including phenoxy) is 2. The zero-order chi connectivity index (χ0) is 15.4. The van der Waals surface area contributed by atoms with Gasteiger partial charge in [0.15, 0.2) is 0 Å². The van der Waals surface area contributed by atoms with Gasteiger partial charge >= 0.3 is 0 Å². The highest BCUT2D eigenvalue weighted by molar-refractivity contribution is 5.81. The molecule has 1 amide bonds. The molecule has 7 heteroatoms. The Labute approximate surface area is 125 Å². The largest absolute Gasteiger partial charge is 0.383 e. The number of rotatable bonds is 5. The van der Waals surface area contributed by atoms with Crippen LogP contribution in [0.4, 0.5) is 0 Å². The summed E-state index contributed by atoms with van der Waals surface area (Å²) < 4.78 is 12.6. The van der Waals surface area contributed by atoms with Crippen molar-refractivity contribution in [3.63, 3.8) is 0 Å². The van der Waals surface area contributed by atoms with Gasteiger partial charge in [-0.1, -0.05) is 0 Å². The molecule has 118 valence electrons. The van der Waals surface area contributed by atoms with Crippen LogP contribution in [-0.4, -0.2) is 66.1 Å². The molecule has 21 heavy (non-hydrogen) atoms. The Morgan fingerprint density at radius 3 is 3.00 bits per heavy atom. The van der Waals surface area contributed by atoms with Crippen molar-refractivity contribution in [2.45, 2.75) is 32.5 Å². The van der Waals surface area contributed by atoms with Crippen LogP contribution >= 0.6 is 0 Å². The third-order valence-electron chi connectivity index (χ3n) is 3.59. The Kier molecular flexibility index (Phi) is 5.33. The minimum Gasteiger partial charge on any atom is -0.383 e. The van der Waals surface area contributed by atoms with Crippen molar-refractivity contribution < 1.29 is 14.3 Å². The maximum Gasteiger partial charge on any atom is 0.242 e. The number of aryl methyl sites for hydroxylation is 2. The highest BCUT2D eigenvalue weighted by Crippen LogP contribution is 2.11. The van der Waals surface area contributed by atoms with E-state index in [1.807, 2.05) is 24.6 Å². The molecular weight excluding hydrogens is 272 g/mol. The Hall–Kier alpha value is -1.44. The first kappa shape index (κ1) is 15.9. The van der Waals surface area contributed by atoms with Crippen LogP contribution in [0, 0.1) is 13.8 Å². The molecule has 1 aromatic heterocycles. The van der Waals surface area contributed by atoms with Gasteiger partial charge in [0.25, 0.3) is 0 Å². The normalized spacial score (nSPS) is 20.6. The first-order chi connectivity index (χ1) is 10.0. The van der Waals surface area contributed by atoms with Crippen molar-refractivity contribution >= 4 is 5.91 Å². The molecule has 1 aliphatic heterocycles. The van der Waals surface area contributed by atoms with Crippen molar-refractivity contribution in [1.29, 1.82) is 0 Å².